The van der Waals surface area contributed by atoms with Gasteiger partial charge >= 0.3 is 5.97 Å². The molecule has 4 nitrogen and oxygen atoms in total. The van der Waals surface area contributed by atoms with E-state index in [0.717, 1.165) is 51.6 Å². The van der Waals surface area contributed by atoms with Crippen LogP contribution in [-0.4, -0.2) is 42.7 Å². The van der Waals surface area contributed by atoms with Crippen molar-refractivity contribution in [3.05, 3.63) is 35.9 Å². The Morgan fingerprint density at radius 2 is 1.79 bits per heavy atom. The van der Waals surface area contributed by atoms with Gasteiger partial charge in [-0.1, -0.05) is 43.2 Å². The van der Waals surface area contributed by atoms with Crippen LogP contribution in [0.5, 0.6) is 0 Å². The molecule has 1 aromatic rings. The molecule has 0 aromatic heterocycles. The number of carbonyl (C=O) groups excluding carboxylic acids is 1. The minimum atomic E-state index is -1.50. The van der Waals surface area contributed by atoms with Crippen LogP contribution in [0.3, 0.4) is 0 Å². The normalized spacial score (nSPS) is 23.1. The predicted octanol–water partition coefficient (Wildman–Crippen LogP) is 2.95. The molecule has 24 heavy (non-hydrogen) atoms. The van der Waals surface area contributed by atoms with Crippen LogP contribution in [0, 0.1) is 11.8 Å². The highest BCUT2D eigenvalue weighted by Crippen LogP contribution is 2.41. The summed E-state index contributed by atoms with van der Waals surface area (Å²) in [6.07, 6.45) is 6.02. The number of likely N-dealkylation sites (tertiary alicyclic amines) is 1. The zero-order valence-electron chi connectivity index (χ0n) is 14.6. The van der Waals surface area contributed by atoms with Gasteiger partial charge in [0.05, 0.1) is 6.61 Å². The molecule has 1 aliphatic carbocycles. The standard InChI is InChI=1S/C20H29NO3/c1-21-13-11-16(12-14-21)15-24-19(22)20(23,18-9-5-6-10-18)17-7-3-2-4-8-17/h2-4,7-8,16,18,23H,5-6,9-15H2,1H3. The summed E-state index contributed by atoms with van der Waals surface area (Å²) >= 11 is 0. The summed E-state index contributed by atoms with van der Waals surface area (Å²) in [5.41, 5.74) is -0.825. The Labute approximate surface area is 144 Å². The Kier molecular flexibility index (Phi) is 5.57. The lowest BCUT2D eigenvalue weighted by molar-refractivity contribution is -0.175. The largest absolute Gasteiger partial charge is 0.463 e. The quantitative estimate of drug-likeness (QED) is 0.843. The summed E-state index contributed by atoms with van der Waals surface area (Å²) in [4.78, 5) is 15.2. The number of rotatable bonds is 5. The van der Waals surface area contributed by atoms with Crippen molar-refractivity contribution < 1.29 is 14.6 Å². The minimum Gasteiger partial charge on any atom is -0.463 e. The molecule has 3 rings (SSSR count). The molecule has 2 aliphatic rings. The van der Waals surface area contributed by atoms with Gasteiger partial charge in [-0.3, -0.25) is 0 Å². The van der Waals surface area contributed by atoms with Crippen LogP contribution in [0.1, 0.15) is 44.1 Å². The second-order valence-electron chi connectivity index (χ2n) is 7.46. The highest BCUT2D eigenvalue weighted by molar-refractivity contribution is 5.81. The van der Waals surface area contributed by atoms with E-state index in [1.807, 2.05) is 30.3 Å². The minimum absolute atomic E-state index is 0.0371. The van der Waals surface area contributed by atoms with Gasteiger partial charge in [0, 0.05) is 5.92 Å². The first-order valence-corrected chi connectivity index (χ1v) is 9.24. The van der Waals surface area contributed by atoms with Crippen molar-refractivity contribution in [1.82, 2.24) is 4.90 Å². The van der Waals surface area contributed by atoms with Gasteiger partial charge < -0.3 is 14.7 Å². The van der Waals surface area contributed by atoms with Gasteiger partial charge in [0.25, 0.3) is 0 Å². The first kappa shape index (κ1) is 17.4. The van der Waals surface area contributed by atoms with Gasteiger partial charge in [-0.2, -0.15) is 0 Å². The van der Waals surface area contributed by atoms with Crippen LogP contribution in [0.4, 0.5) is 0 Å². The van der Waals surface area contributed by atoms with Crippen LogP contribution >= 0.6 is 0 Å². The predicted molar refractivity (Wildman–Crippen MR) is 93.5 cm³/mol. The zero-order valence-corrected chi connectivity index (χ0v) is 14.6. The van der Waals surface area contributed by atoms with E-state index >= 15 is 0 Å². The molecule has 0 radical (unpaired) electrons. The second-order valence-corrected chi connectivity index (χ2v) is 7.46. The SMILES string of the molecule is CN1CCC(COC(=O)C(O)(c2ccccc2)C2CCCC2)CC1. The zero-order chi connectivity index (χ0) is 17.0. The number of hydrogen-bond acceptors (Lipinski definition) is 4. The number of nitrogens with zero attached hydrogens (tertiary/aromatic N) is 1. The van der Waals surface area contributed by atoms with Gasteiger partial charge in [0.1, 0.15) is 0 Å². The molecule has 1 saturated heterocycles. The summed E-state index contributed by atoms with van der Waals surface area (Å²) in [6, 6.07) is 9.34. The topological polar surface area (TPSA) is 49.8 Å². The lowest BCUT2D eigenvalue weighted by Crippen LogP contribution is -2.44. The van der Waals surface area contributed by atoms with Crippen LogP contribution in [0.2, 0.25) is 0 Å². The van der Waals surface area contributed by atoms with E-state index < -0.39 is 11.6 Å². The number of esters is 1. The Morgan fingerprint density at radius 1 is 1.17 bits per heavy atom. The van der Waals surface area contributed by atoms with Crippen LogP contribution in [0.15, 0.2) is 30.3 Å². The molecule has 0 amide bonds. The highest BCUT2D eigenvalue weighted by atomic mass is 16.5. The lowest BCUT2D eigenvalue weighted by atomic mass is 9.80. The molecule has 1 aliphatic heterocycles. The molecule has 4 heteroatoms. The molecule has 1 saturated carbocycles. The second kappa shape index (κ2) is 7.66. The average Bonchev–Trinajstić information content (AvgIpc) is 3.16. The van der Waals surface area contributed by atoms with Crippen molar-refractivity contribution >= 4 is 5.97 Å². The molecule has 1 N–H and O–H groups in total. The van der Waals surface area contributed by atoms with Gasteiger partial charge in [0.2, 0.25) is 0 Å². The third-order valence-electron chi connectivity index (χ3n) is 5.76. The highest BCUT2D eigenvalue weighted by Gasteiger charge is 2.47. The van der Waals surface area contributed by atoms with E-state index in [-0.39, 0.29) is 5.92 Å². The molecular formula is C20H29NO3. The third kappa shape index (κ3) is 3.65. The Balaban J connectivity index is 1.69. The number of hydrogen-bond donors (Lipinski definition) is 1. The molecule has 2 fully saturated rings. The maximum atomic E-state index is 12.9. The van der Waals surface area contributed by atoms with E-state index in [9.17, 15) is 9.90 Å². The van der Waals surface area contributed by atoms with Gasteiger partial charge in [0.15, 0.2) is 5.60 Å². The molecule has 1 unspecified atom stereocenters. The van der Waals surface area contributed by atoms with Crippen molar-refractivity contribution in [2.75, 3.05) is 26.7 Å². The summed E-state index contributed by atoms with van der Waals surface area (Å²) in [6.45, 7) is 2.52. The molecule has 1 heterocycles. The van der Waals surface area contributed by atoms with Gasteiger partial charge in [-0.25, -0.2) is 4.79 Å². The first-order chi connectivity index (χ1) is 11.6. The van der Waals surface area contributed by atoms with Crippen molar-refractivity contribution in [3.8, 4) is 0 Å². The summed E-state index contributed by atoms with van der Waals surface area (Å²) in [5, 5.41) is 11.3. The maximum absolute atomic E-state index is 12.9. The van der Waals surface area contributed by atoms with E-state index in [1.165, 1.54) is 0 Å². The molecule has 0 spiro atoms. The number of ether oxygens (including phenoxy) is 1. The summed E-state index contributed by atoms with van der Waals surface area (Å²) < 4.78 is 5.64. The summed E-state index contributed by atoms with van der Waals surface area (Å²) in [5.74, 6) is -0.0850. The maximum Gasteiger partial charge on any atom is 0.343 e. The van der Waals surface area contributed by atoms with E-state index in [1.54, 1.807) is 0 Å². The number of benzene rings is 1. The van der Waals surface area contributed by atoms with Crippen molar-refractivity contribution in [2.24, 2.45) is 11.8 Å². The van der Waals surface area contributed by atoms with Crippen molar-refractivity contribution in [2.45, 2.75) is 44.1 Å². The average molecular weight is 331 g/mol. The Morgan fingerprint density at radius 3 is 2.42 bits per heavy atom. The fraction of sp³-hybridized carbons (Fsp3) is 0.650. The fourth-order valence-corrected chi connectivity index (χ4v) is 4.09. The summed E-state index contributed by atoms with van der Waals surface area (Å²) in [7, 11) is 2.12. The number of piperidine rings is 1. The van der Waals surface area contributed by atoms with Crippen molar-refractivity contribution in [1.29, 1.82) is 0 Å². The van der Waals surface area contributed by atoms with Gasteiger partial charge in [-0.05, 0) is 57.3 Å². The fourth-order valence-electron chi connectivity index (χ4n) is 4.09. The number of aliphatic hydroxyl groups is 1. The molecule has 0 bridgehead atoms. The first-order valence-electron chi connectivity index (χ1n) is 9.24. The number of carbonyl (C=O) groups is 1. The van der Waals surface area contributed by atoms with Crippen LogP contribution in [-0.2, 0) is 15.1 Å². The monoisotopic (exact) mass is 331 g/mol. The van der Waals surface area contributed by atoms with E-state index in [4.69, 9.17) is 4.74 Å². The molecule has 1 aromatic carbocycles. The van der Waals surface area contributed by atoms with E-state index in [0.29, 0.717) is 18.1 Å². The smallest absolute Gasteiger partial charge is 0.343 e. The van der Waals surface area contributed by atoms with Crippen molar-refractivity contribution in [3.63, 3.8) is 0 Å². The molecule has 132 valence electrons. The Hall–Kier alpha value is -1.39. The Bertz CT molecular complexity index is 533. The van der Waals surface area contributed by atoms with Crippen LogP contribution in [0.25, 0.3) is 0 Å². The van der Waals surface area contributed by atoms with E-state index in [2.05, 4.69) is 11.9 Å². The van der Waals surface area contributed by atoms with Crippen LogP contribution < -0.4 is 0 Å². The molecular weight excluding hydrogens is 302 g/mol. The van der Waals surface area contributed by atoms with Gasteiger partial charge in [-0.15, -0.1) is 0 Å². The molecule has 1 atom stereocenters. The third-order valence-corrected chi connectivity index (χ3v) is 5.76. The lowest BCUT2D eigenvalue weighted by Gasteiger charge is -2.34.